The summed E-state index contributed by atoms with van der Waals surface area (Å²) < 4.78 is 12.2. The van der Waals surface area contributed by atoms with Crippen molar-refractivity contribution in [3.05, 3.63) is 76.1 Å². The van der Waals surface area contributed by atoms with Crippen LogP contribution in [-0.2, 0) is 9.59 Å². The molecule has 5 amide bonds. The minimum Gasteiger partial charge on any atom is -0.494 e. The zero-order valence-corrected chi connectivity index (χ0v) is 30.4. The molecule has 2 saturated heterocycles. The van der Waals surface area contributed by atoms with Crippen LogP contribution in [0.5, 0.6) is 11.5 Å². The van der Waals surface area contributed by atoms with Crippen LogP contribution in [0.15, 0.2) is 48.8 Å². The van der Waals surface area contributed by atoms with Crippen molar-refractivity contribution < 1.29 is 33.4 Å². The van der Waals surface area contributed by atoms with Crippen molar-refractivity contribution in [3.8, 4) is 17.6 Å². The number of imide groups is 2. The SMILES string of the molecule is CC1(C)C(NC(=O)c2cnc(N3CC(CCOc4ccc5c(c4)C(=O)N(C4CCC(=O)NC4=O)C5=O)C3)nc2)C(C)(C)C1Oc1ccc(C#N)c(Cl)c1. The number of halogens is 1. The van der Waals surface area contributed by atoms with Crippen LogP contribution in [0.25, 0.3) is 0 Å². The molecule has 3 aromatic rings. The van der Waals surface area contributed by atoms with Crippen LogP contribution in [-0.4, -0.2) is 82.3 Å². The molecule has 1 unspecified atom stereocenters. The van der Waals surface area contributed by atoms with Crippen molar-refractivity contribution in [2.24, 2.45) is 16.7 Å². The molecule has 0 bridgehead atoms. The Morgan fingerprint density at radius 2 is 1.68 bits per heavy atom. The third kappa shape index (κ3) is 6.43. The lowest BCUT2D eigenvalue weighted by molar-refractivity contribution is -0.164. The van der Waals surface area contributed by atoms with Gasteiger partial charge in [-0.15, -0.1) is 0 Å². The van der Waals surface area contributed by atoms with Gasteiger partial charge in [0.25, 0.3) is 17.7 Å². The summed E-state index contributed by atoms with van der Waals surface area (Å²) in [6, 6.07) is 10.5. The number of anilines is 1. The first-order valence-electron chi connectivity index (χ1n) is 17.4. The first kappa shape index (κ1) is 35.8. The summed E-state index contributed by atoms with van der Waals surface area (Å²) in [6.07, 6.45) is 3.72. The van der Waals surface area contributed by atoms with Gasteiger partial charge < -0.3 is 19.7 Å². The van der Waals surface area contributed by atoms with E-state index in [0.717, 1.165) is 11.3 Å². The smallest absolute Gasteiger partial charge is 0.262 e. The molecule has 1 saturated carbocycles. The molecule has 4 heterocycles. The van der Waals surface area contributed by atoms with E-state index < -0.39 is 40.5 Å². The Hall–Kier alpha value is -5.55. The maximum atomic E-state index is 13.3. The third-order valence-corrected chi connectivity index (χ3v) is 11.1. The molecule has 1 aromatic heterocycles. The number of nitrogens with one attached hydrogen (secondary N) is 2. The van der Waals surface area contributed by atoms with Gasteiger partial charge in [0, 0.05) is 54.8 Å². The number of hydrogen-bond acceptors (Lipinski definition) is 11. The van der Waals surface area contributed by atoms with E-state index in [9.17, 15) is 29.2 Å². The summed E-state index contributed by atoms with van der Waals surface area (Å²) in [4.78, 5) is 75.0. The number of carbonyl (C=O) groups is 5. The van der Waals surface area contributed by atoms with E-state index in [1.54, 1.807) is 24.3 Å². The molecule has 2 N–H and O–H groups in total. The maximum Gasteiger partial charge on any atom is 0.262 e. The normalized spacial score (nSPS) is 23.0. The summed E-state index contributed by atoms with van der Waals surface area (Å²) in [7, 11) is 0. The molecule has 274 valence electrons. The molecule has 2 aromatic carbocycles. The molecular formula is C38H38ClN7O7. The van der Waals surface area contributed by atoms with Gasteiger partial charge in [0.05, 0.1) is 33.9 Å². The van der Waals surface area contributed by atoms with Crippen molar-refractivity contribution in [1.82, 2.24) is 25.5 Å². The molecule has 1 aliphatic carbocycles. The number of rotatable bonds is 10. The lowest BCUT2D eigenvalue weighted by Gasteiger charge is -2.63. The largest absolute Gasteiger partial charge is 0.494 e. The molecule has 4 aliphatic rings. The highest BCUT2D eigenvalue weighted by Gasteiger charge is 2.64. The molecule has 14 nitrogen and oxygen atoms in total. The topological polar surface area (TPSA) is 184 Å². The monoisotopic (exact) mass is 739 g/mol. The van der Waals surface area contributed by atoms with Crippen LogP contribution in [0.1, 0.15) is 83.6 Å². The minimum atomic E-state index is -1.02. The van der Waals surface area contributed by atoms with Crippen LogP contribution in [0.3, 0.4) is 0 Å². The second kappa shape index (κ2) is 13.5. The Bertz CT molecular complexity index is 2060. The number of piperidine rings is 1. The Morgan fingerprint density at radius 3 is 2.34 bits per heavy atom. The molecule has 15 heteroatoms. The van der Waals surface area contributed by atoms with Crippen molar-refractivity contribution in [2.75, 3.05) is 24.6 Å². The van der Waals surface area contributed by atoms with Gasteiger partial charge in [-0.2, -0.15) is 5.26 Å². The van der Waals surface area contributed by atoms with E-state index >= 15 is 0 Å². The van der Waals surface area contributed by atoms with E-state index in [2.05, 4.69) is 20.6 Å². The fourth-order valence-electron chi connectivity index (χ4n) is 8.21. The van der Waals surface area contributed by atoms with Crippen molar-refractivity contribution >= 4 is 47.1 Å². The number of nitriles is 1. The fourth-order valence-corrected chi connectivity index (χ4v) is 8.42. The van der Waals surface area contributed by atoms with Crippen LogP contribution in [0.4, 0.5) is 5.95 Å². The fraction of sp³-hybridized carbons (Fsp3) is 0.421. The predicted molar refractivity (Wildman–Crippen MR) is 190 cm³/mol. The van der Waals surface area contributed by atoms with E-state index in [1.807, 2.05) is 38.7 Å². The van der Waals surface area contributed by atoms with E-state index in [-0.39, 0.29) is 42.0 Å². The van der Waals surface area contributed by atoms with Crippen LogP contribution < -0.4 is 25.0 Å². The van der Waals surface area contributed by atoms with Crippen LogP contribution in [0, 0.1) is 28.1 Å². The molecule has 53 heavy (non-hydrogen) atoms. The highest BCUT2D eigenvalue weighted by Crippen LogP contribution is 2.55. The van der Waals surface area contributed by atoms with Gasteiger partial charge in [-0.05, 0) is 49.1 Å². The second-order valence-corrected chi connectivity index (χ2v) is 15.5. The Kier molecular flexibility index (Phi) is 9.10. The number of aromatic nitrogens is 2. The molecule has 1 atom stereocenters. The summed E-state index contributed by atoms with van der Waals surface area (Å²) in [5, 5.41) is 14.8. The molecule has 3 aliphatic heterocycles. The van der Waals surface area contributed by atoms with Gasteiger partial charge in [0.2, 0.25) is 17.8 Å². The number of fused-ring (bicyclic) bond motifs is 1. The zero-order valence-electron chi connectivity index (χ0n) is 29.6. The Morgan fingerprint density at radius 1 is 1.00 bits per heavy atom. The van der Waals surface area contributed by atoms with Gasteiger partial charge in [0.1, 0.15) is 29.7 Å². The number of benzene rings is 2. The summed E-state index contributed by atoms with van der Waals surface area (Å²) >= 11 is 6.21. The lowest BCUT2D eigenvalue weighted by Crippen LogP contribution is -2.74. The van der Waals surface area contributed by atoms with Gasteiger partial charge in [-0.25, -0.2) is 9.97 Å². The van der Waals surface area contributed by atoms with Gasteiger partial charge in [0.15, 0.2) is 0 Å². The number of hydrogen-bond donors (Lipinski definition) is 2. The first-order valence-corrected chi connectivity index (χ1v) is 17.8. The molecule has 0 radical (unpaired) electrons. The van der Waals surface area contributed by atoms with Crippen molar-refractivity contribution in [2.45, 2.75) is 65.1 Å². The number of amides is 5. The van der Waals surface area contributed by atoms with Crippen molar-refractivity contribution in [3.63, 3.8) is 0 Å². The van der Waals surface area contributed by atoms with E-state index in [0.29, 0.717) is 59.2 Å². The van der Waals surface area contributed by atoms with Crippen LogP contribution >= 0.6 is 11.6 Å². The summed E-state index contributed by atoms with van der Waals surface area (Å²) in [6.45, 7) is 9.97. The number of nitrogens with zero attached hydrogens (tertiary/aromatic N) is 5. The van der Waals surface area contributed by atoms with Gasteiger partial charge >= 0.3 is 0 Å². The zero-order chi connectivity index (χ0) is 37.8. The van der Waals surface area contributed by atoms with E-state index in [4.69, 9.17) is 21.1 Å². The predicted octanol–water partition coefficient (Wildman–Crippen LogP) is 3.92. The number of carbonyl (C=O) groups excluding carboxylic acids is 5. The first-order chi connectivity index (χ1) is 25.2. The number of ether oxygens (including phenoxy) is 2. The van der Waals surface area contributed by atoms with E-state index in [1.165, 1.54) is 24.5 Å². The molecular weight excluding hydrogens is 702 g/mol. The quantitative estimate of drug-likeness (QED) is 0.288. The van der Waals surface area contributed by atoms with Gasteiger partial charge in [-0.1, -0.05) is 39.3 Å². The average molecular weight is 740 g/mol. The standard InChI is InChI=1S/C38H38ClN7O7/c1-37(2)34(38(3,4)35(37)53-24-6-5-21(15-40)27(39)14-24)44-30(48)22-16-41-36(42-17-22)45-18-20(19-45)11-12-52-23-7-8-25-26(13-23)33(51)46(32(25)50)28-9-10-29(47)43-31(28)49/h5-8,13-14,16-17,20,28,34-35H,9-12,18-19H2,1-4H3,(H,44,48)(H,43,47,49). The summed E-state index contributed by atoms with van der Waals surface area (Å²) in [5.41, 5.74) is 0.278. The molecule has 3 fully saturated rings. The average Bonchev–Trinajstić information content (AvgIpc) is 3.35. The summed E-state index contributed by atoms with van der Waals surface area (Å²) in [5.74, 6) is -0.641. The van der Waals surface area contributed by atoms with Crippen LogP contribution in [0.2, 0.25) is 5.02 Å². The highest BCUT2D eigenvalue weighted by atomic mass is 35.5. The van der Waals surface area contributed by atoms with Crippen molar-refractivity contribution in [1.29, 1.82) is 5.26 Å². The Balaban J connectivity index is 0.872. The third-order valence-electron chi connectivity index (χ3n) is 10.8. The second-order valence-electron chi connectivity index (χ2n) is 15.1. The highest BCUT2D eigenvalue weighted by molar-refractivity contribution is 6.31. The minimum absolute atomic E-state index is 0.0568. The molecule has 0 spiro atoms. The molecule has 7 rings (SSSR count). The van der Waals surface area contributed by atoms with Gasteiger partial charge in [-0.3, -0.25) is 34.2 Å². The maximum absolute atomic E-state index is 13.3. The Labute approximate surface area is 310 Å². The lowest BCUT2D eigenvalue weighted by atomic mass is 9.49.